The molecule has 0 aromatic heterocycles. The molecule has 3 unspecified atom stereocenters. The number of hydrogen-bond donors (Lipinski definition) is 2. The second-order valence-corrected chi connectivity index (χ2v) is 9.26. The summed E-state index contributed by atoms with van der Waals surface area (Å²) >= 11 is 0. The first kappa shape index (κ1) is 22.4. The number of rotatable bonds is 7. The molecule has 4 aliphatic rings. The monoisotopic (exact) mass is 465 g/mol. The van der Waals surface area contributed by atoms with Gasteiger partial charge in [-0.05, 0) is 38.5 Å². The Balaban J connectivity index is 1.43. The molecule has 5 rings (SSSR count). The summed E-state index contributed by atoms with van der Waals surface area (Å²) in [5, 5.41) is 10.6. The lowest BCUT2D eigenvalue weighted by Gasteiger charge is -2.24. The summed E-state index contributed by atoms with van der Waals surface area (Å²) in [4.78, 5) is 17.9. The number of ether oxygens (including phenoxy) is 4. The largest absolute Gasteiger partial charge is 0.487 e. The average Bonchev–Trinajstić information content (AvgIpc) is 3.49. The molecule has 0 amide bonds. The van der Waals surface area contributed by atoms with Crippen LogP contribution in [0.5, 0.6) is 17.2 Å². The maximum Gasteiger partial charge on any atom is 0.374 e. The Morgan fingerprint density at radius 1 is 1.38 bits per heavy atom. The zero-order valence-electron chi connectivity index (χ0n) is 19.6. The average molecular weight is 466 g/mol. The van der Waals surface area contributed by atoms with Gasteiger partial charge in [-0.25, -0.2) is 4.79 Å². The van der Waals surface area contributed by atoms with Crippen molar-refractivity contribution in [2.45, 2.75) is 44.9 Å². The van der Waals surface area contributed by atoms with Gasteiger partial charge in [-0.1, -0.05) is 6.58 Å². The molecule has 3 atom stereocenters. The molecule has 178 valence electrons. The molecule has 2 N–H and O–H groups in total. The lowest BCUT2D eigenvalue weighted by atomic mass is 9.93. The van der Waals surface area contributed by atoms with Gasteiger partial charge in [0.1, 0.15) is 42.2 Å². The Morgan fingerprint density at radius 3 is 2.97 bits per heavy atom. The minimum absolute atomic E-state index is 0.0637. The van der Waals surface area contributed by atoms with Gasteiger partial charge in [0, 0.05) is 30.3 Å². The molecule has 1 aromatic carbocycles. The number of quaternary nitrogens is 1. The predicted molar refractivity (Wildman–Crippen MR) is 126 cm³/mol. The van der Waals surface area contributed by atoms with E-state index < -0.39 is 17.7 Å². The summed E-state index contributed by atoms with van der Waals surface area (Å²) in [5.41, 5.74) is 2.15. The highest BCUT2D eigenvalue weighted by Crippen LogP contribution is 2.49. The van der Waals surface area contributed by atoms with Crippen LogP contribution in [0.1, 0.15) is 31.9 Å². The number of carbonyl (C=O) groups excluding carboxylic acids is 1. The van der Waals surface area contributed by atoms with E-state index >= 15 is 0 Å². The minimum Gasteiger partial charge on any atom is -0.487 e. The van der Waals surface area contributed by atoms with E-state index in [-0.39, 0.29) is 18.4 Å². The standard InChI is InChI=1S/C26H28N2O6/c1-5-31-25(29)21-12-15(2)23-20(33-21)14-19-16(13-22(34-19)26(3,4)30)24(23)32-11-10-28-9-7-17-18(28)6-8-27-17/h6-9,12,14,18,22,30H,2,5,10-11,13H2,1,3-4H3/p+1. The summed E-state index contributed by atoms with van der Waals surface area (Å²) in [6, 6.07) is 1.97. The van der Waals surface area contributed by atoms with E-state index in [1.54, 1.807) is 32.9 Å². The van der Waals surface area contributed by atoms with Crippen molar-refractivity contribution < 1.29 is 33.7 Å². The topological polar surface area (TPSA) is 91.0 Å². The highest BCUT2D eigenvalue weighted by atomic mass is 16.6. The Labute approximate surface area is 198 Å². The zero-order valence-corrected chi connectivity index (χ0v) is 19.6. The predicted octanol–water partition coefficient (Wildman–Crippen LogP) is 1.74. The van der Waals surface area contributed by atoms with Crippen molar-refractivity contribution in [3.8, 4) is 17.2 Å². The van der Waals surface area contributed by atoms with Crippen LogP contribution >= 0.6 is 0 Å². The van der Waals surface area contributed by atoms with Gasteiger partial charge in [0.2, 0.25) is 5.76 Å². The molecule has 0 saturated heterocycles. The van der Waals surface area contributed by atoms with Crippen molar-refractivity contribution in [2.24, 2.45) is 4.99 Å². The van der Waals surface area contributed by atoms with Crippen LogP contribution in [0.3, 0.4) is 0 Å². The number of allylic oxidation sites excluding steroid dienone is 2. The quantitative estimate of drug-likeness (QED) is 0.597. The van der Waals surface area contributed by atoms with Crippen LogP contribution in [0.25, 0.3) is 5.57 Å². The van der Waals surface area contributed by atoms with E-state index in [0.717, 1.165) is 17.8 Å². The van der Waals surface area contributed by atoms with E-state index in [4.69, 9.17) is 18.9 Å². The Bertz CT molecular complexity index is 1170. The second kappa shape index (κ2) is 8.45. The molecule has 8 heteroatoms. The number of fused-ring (bicyclic) bond motifs is 3. The van der Waals surface area contributed by atoms with Crippen molar-refractivity contribution in [2.75, 3.05) is 19.8 Å². The van der Waals surface area contributed by atoms with Gasteiger partial charge < -0.3 is 24.1 Å². The molecule has 4 aliphatic heterocycles. The van der Waals surface area contributed by atoms with Gasteiger partial charge in [0.25, 0.3) is 0 Å². The van der Waals surface area contributed by atoms with Gasteiger partial charge in [0.05, 0.1) is 24.0 Å². The smallest absolute Gasteiger partial charge is 0.374 e. The van der Waals surface area contributed by atoms with Crippen LogP contribution in [0, 0.1) is 0 Å². The van der Waals surface area contributed by atoms with Crippen molar-refractivity contribution in [3.05, 3.63) is 60.2 Å². The van der Waals surface area contributed by atoms with Crippen LogP contribution in [-0.2, 0) is 16.0 Å². The number of nitrogens with one attached hydrogen (secondary N) is 1. The summed E-state index contributed by atoms with van der Waals surface area (Å²) in [6.45, 7) is 10.7. The van der Waals surface area contributed by atoms with Gasteiger partial charge >= 0.3 is 5.97 Å². The summed E-state index contributed by atoms with van der Waals surface area (Å²) in [6.07, 6.45) is 9.70. The first-order chi connectivity index (χ1) is 16.3. The van der Waals surface area contributed by atoms with E-state index in [1.807, 2.05) is 12.3 Å². The molecule has 1 aromatic rings. The molecule has 0 spiro atoms. The lowest BCUT2D eigenvalue weighted by molar-refractivity contribution is -0.851. The number of carbonyl (C=O) groups is 1. The van der Waals surface area contributed by atoms with E-state index in [9.17, 15) is 9.90 Å². The van der Waals surface area contributed by atoms with Crippen LogP contribution in [0.2, 0.25) is 0 Å². The van der Waals surface area contributed by atoms with Crippen molar-refractivity contribution in [1.82, 2.24) is 0 Å². The van der Waals surface area contributed by atoms with Crippen LogP contribution < -0.4 is 19.1 Å². The Kier molecular flexibility index (Phi) is 5.58. The number of nitrogens with zero attached hydrogens (tertiary/aromatic N) is 1. The fourth-order valence-electron chi connectivity index (χ4n) is 4.61. The maximum atomic E-state index is 12.3. The second-order valence-electron chi connectivity index (χ2n) is 9.26. The molecule has 0 bridgehead atoms. The molecule has 34 heavy (non-hydrogen) atoms. The number of aliphatic hydroxyl groups is 1. The fourth-order valence-corrected chi connectivity index (χ4v) is 4.61. The molecule has 0 radical (unpaired) electrons. The molecule has 0 saturated carbocycles. The van der Waals surface area contributed by atoms with Crippen LogP contribution in [0.4, 0.5) is 0 Å². The van der Waals surface area contributed by atoms with Crippen LogP contribution in [0.15, 0.2) is 54.0 Å². The van der Waals surface area contributed by atoms with Crippen molar-refractivity contribution in [1.29, 1.82) is 0 Å². The molecular formula is C26H29N2O6+. The van der Waals surface area contributed by atoms with Gasteiger partial charge in [-0.2, -0.15) is 0 Å². The van der Waals surface area contributed by atoms with E-state index in [0.29, 0.717) is 41.4 Å². The van der Waals surface area contributed by atoms with Crippen LogP contribution in [-0.4, -0.2) is 54.3 Å². The van der Waals surface area contributed by atoms with E-state index in [2.05, 4.69) is 23.8 Å². The number of hydrogen-bond acceptors (Lipinski definition) is 7. The van der Waals surface area contributed by atoms with E-state index in [1.165, 1.54) is 4.90 Å². The lowest BCUT2D eigenvalue weighted by Crippen LogP contribution is -3.11. The third-order valence-electron chi connectivity index (χ3n) is 6.40. The molecule has 8 nitrogen and oxygen atoms in total. The summed E-state index contributed by atoms with van der Waals surface area (Å²) < 4.78 is 23.4. The molecular weight excluding hydrogens is 436 g/mol. The first-order valence-corrected chi connectivity index (χ1v) is 11.5. The molecule has 0 fully saturated rings. The minimum atomic E-state index is -1.04. The maximum absolute atomic E-state index is 12.3. The molecule has 0 aliphatic carbocycles. The Morgan fingerprint density at radius 2 is 2.21 bits per heavy atom. The SMILES string of the molecule is C=C1C=C(C(=O)OCC)Oc2cc3c(c(OCC[NH+]4C=CC5=NC=CC54)c21)CC(C(C)(C)O)O3. The van der Waals surface area contributed by atoms with Gasteiger partial charge in [-0.15, -0.1) is 0 Å². The third-order valence-corrected chi connectivity index (χ3v) is 6.40. The Hall–Kier alpha value is -3.36. The normalized spacial score (nSPS) is 24.0. The highest BCUT2D eigenvalue weighted by Gasteiger charge is 2.40. The fraction of sp³-hybridized carbons (Fsp3) is 0.385. The van der Waals surface area contributed by atoms with Crippen molar-refractivity contribution >= 4 is 17.3 Å². The first-order valence-electron chi connectivity index (χ1n) is 11.5. The number of esters is 1. The number of benzene rings is 1. The van der Waals surface area contributed by atoms with Crippen molar-refractivity contribution in [3.63, 3.8) is 0 Å². The summed E-state index contributed by atoms with van der Waals surface area (Å²) in [7, 11) is 0. The van der Waals surface area contributed by atoms with Gasteiger partial charge in [0.15, 0.2) is 6.04 Å². The summed E-state index contributed by atoms with van der Waals surface area (Å²) in [5.74, 6) is 1.11. The molecule has 4 heterocycles. The zero-order chi connectivity index (χ0) is 24.0. The number of aliphatic imine (C=N–C) groups is 1. The van der Waals surface area contributed by atoms with Gasteiger partial charge in [-0.3, -0.25) is 9.89 Å². The highest BCUT2D eigenvalue weighted by molar-refractivity contribution is 6.02. The third kappa shape index (κ3) is 3.93.